The molecule has 1 spiro atoms. The molecule has 6 nitrogen and oxygen atoms in total. The molecule has 3 aliphatic rings. The summed E-state index contributed by atoms with van der Waals surface area (Å²) >= 11 is 0. The quantitative estimate of drug-likeness (QED) is 0.520. The number of fused-ring (bicyclic) bond motifs is 1. The number of carbonyl (C=O) groups is 1. The molecule has 3 aromatic rings. The summed E-state index contributed by atoms with van der Waals surface area (Å²) in [6.07, 6.45) is 4.51. The van der Waals surface area contributed by atoms with E-state index in [2.05, 4.69) is 23.2 Å². The van der Waals surface area contributed by atoms with Crippen molar-refractivity contribution in [3.05, 3.63) is 77.9 Å². The Hall–Kier alpha value is -3.51. The molecule has 2 heterocycles. The van der Waals surface area contributed by atoms with Crippen LogP contribution in [0.25, 0.3) is 10.8 Å². The van der Waals surface area contributed by atoms with E-state index in [-0.39, 0.29) is 17.3 Å². The first-order valence-corrected chi connectivity index (χ1v) is 12.0. The van der Waals surface area contributed by atoms with E-state index in [9.17, 15) is 9.90 Å². The molecule has 0 unspecified atom stereocenters. The average molecular weight is 457 g/mol. The van der Waals surface area contributed by atoms with Gasteiger partial charge in [0.15, 0.2) is 11.5 Å². The lowest BCUT2D eigenvalue weighted by Gasteiger charge is -2.36. The normalized spacial score (nSPS) is 25.2. The van der Waals surface area contributed by atoms with Crippen LogP contribution in [0.3, 0.4) is 0 Å². The van der Waals surface area contributed by atoms with E-state index in [1.807, 2.05) is 54.6 Å². The molecule has 0 bridgehead atoms. The highest BCUT2D eigenvalue weighted by Gasteiger charge is 2.53. The number of amides is 1. The van der Waals surface area contributed by atoms with Gasteiger partial charge in [0.25, 0.3) is 0 Å². The van der Waals surface area contributed by atoms with Gasteiger partial charge in [-0.2, -0.15) is 0 Å². The molecule has 0 aromatic heterocycles. The molecule has 0 saturated heterocycles. The third-order valence-corrected chi connectivity index (χ3v) is 7.55. The molecule has 1 aliphatic carbocycles. The number of anilines is 1. The molecule has 174 valence electrons. The second kappa shape index (κ2) is 8.06. The number of hydrogen-bond acceptors (Lipinski definition) is 5. The van der Waals surface area contributed by atoms with E-state index in [0.29, 0.717) is 12.2 Å². The Labute approximate surface area is 198 Å². The van der Waals surface area contributed by atoms with Gasteiger partial charge in [-0.1, -0.05) is 55.5 Å². The highest BCUT2D eigenvalue weighted by atomic mass is 16.6. The third kappa shape index (κ3) is 3.32. The minimum atomic E-state index is -0.487. The zero-order chi connectivity index (χ0) is 23.3. The lowest BCUT2D eigenvalue weighted by molar-refractivity contribution is 0.0662. The van der Waals surface area contributed by atoms with Crippen LogP contribution in [0.2, 0.25) is 0 Å². The van der Waals surface area contributed by atoms with Gasteiger partial charge in [0.1, 0.15) is 12.2 Å². The number of benzene rings is 3. The van der Waals surface area contributed by atoms with Crippen LogP contribution in [0.1, 0.15) is 30.9 Å². The van der Waals surface area contributed by atoms with Crippen molar-refractivity contribution in [2.75, 3.05) is 18.4 Å². The molecular formula is C28H28N2O4. The number of ether oxygens (including phenoxy) is 2. The molecule has 3 atom stereocenters. The monoisotopic (exact) mass is 456 g/mol. The molecule has 6 rings (SSSR count). The van der Waals surface area contributed by atoms with Crippen molar-refractivity contribution in [3.8, 4) is 11.5 Å². The predicted molar refractivity (Wildman–Crippen MR) is 131 cm³/mol. The van der Waals surface area contributed by atoms with Gasteiger partial charge in [-0.05, 0) is 48.7 Å². The molecule has 2 N–H and O–H groups in total. The highest BCUT2D eigenvalue weighted by Crippen LogP contribution is 2.55. The molecule has 34 heavy (non-hydrogen) atoms. The SMILES string of the molecule is CCN1CC[C@@]23C=C[C@H](OC(=O)Nc4cccc5ccccc45)C[C@@H]2Oc2c(O)ccc(c23)C1. The second-order valence-corrected chi connectivity index (χ2v) is 9.40. The summed E-state index contributed by atoms with van der Waals surface area (Å²) in [6, 6.07) is 17.5. The molecule has 0 saturated carbocycles. The van der Waals surface area contributed by atoms with Crippen LogP contribution in [0.5, 0.6) is 11.5 Å². The number of phenols is 1. The molecular weight excluding hydrogens is 428 g/mol. The Balaban J connectivity index is 1.25. The number of phenolic OH excluding ortho intramolecular Hbond substituents is 1. The maximum Gasteiger partial charge on any atom is 0.412 e. The summed E-state index contributed by atoms with van der Waals surface area (Å²) in [7, 11) is 0. The van der Waals surface area contributed by atoms with Crippen molar-refractivity contribution in [1.29, 1.82) is 0 Å². The second-order valence-electron chi connectivity index (χ2n) is 9.40. The number of carbonyl (C=O) groups excluding carboxylic acids is 1. The largest absolute Gasteiger partial charge is 0.504 e. The molecule has 0 fully saturated rings. The van der Waals surface area contributed by atoms with Crippen LogP contribution in [0.15, 0.2) is 66.7 Å². The van der Waals surface area contributed by atoms with Crippen molar-refractivity contribution >= 4 is 22.6 Å². The Morgan fingerprint density at radius 2 is 2.06 bits per heavy atom. The van der Waals surface area contributed by atoms with E-state index in [4.69, 9.17) is 9.47 Å². The summed E-state index contributed by atoms with van der Waals surface area (Å²) < 4.78 is 12.1. The number of aromatic hydroxyl groups is 1. The zero-order valence-electron chi connectivity index (χ0n) is 19.2. The van der Waals surface area contributed by atoms with Crippen molar-refractivity contribution in [2.45, 2.75) is 43.9 Å². The van der Waals surface area contributed by atoms with Gasteiger partial charge >= 0.3 is 6.09 Å². The van der Waals surface area contributed by atoms with Crippen LogP contribution >= 0.6 is 0 Å². The summed E-state index contributed by atoms with van der Waals surface area (Å²) in [5, 5.41) is 15.5. The zero-order valence-corrected chi connectivity index (χ0v) is 19.2. The Kier molecular flexibility index (Phi) is 4.99. The topological polar surface area (TPSA) is 71.0 Å². The Morgan fingerprint density at radius 1 is 1.21 bits per heavy atom. The molecule has 0 radical (unpaired) electrons. The van der Waals surface area contributed by atoms with Gasteiger partial charge in [0.05, 0.1) is 11.1 Å². The minimum absolute atomic E-state index is 0.178. The molecule has 2 aliphatic heterocycles. The molecule has 3 aromatic carbocycles. The average Bonchev–Trinajstić information content (AvgIpc) is 3.10. The first kappa shape index (κ1) is 21.1. The van der Waals surface area contributed by atoms with Crippen molar-refractivity contribution in [3.63, 3.8) is 0 Å². The van der Waals surface area contributed by atoms with Gasteiger partial charge in [-0.3, -0.25) is 10.2 Å². The van der Waals surface area contributed by atoms with Gasteiger partial charge in [-0.25, -0.2) is 4.79 Å². The fraction of sp³-hybridized carbons (Fsp3) is 0.321. The summed E-state index contributed by atoms with van der Waals surface area (Å²) in [4.78, 5) is 15.2. The van der Waals surface area contributed by atoms with E-state index >= 15 is 0 Å². The van der Waals surface area contributed by atoms with Gasteiger partial charge in [0, 0.05) is 23.9 Å². The van der Waals surface area contributed by atoms with Gasteiger partial charge in [-0.15, -0.1) is 0 Å². The fourth-order valence-electron chi connectivity index (χ4n) is 5.80. The maximum absolute atomic E-state index is 12.8. The standard InChI is InChI=1S/C28H28N2O4/c1-2-30-15-14-28-13-12-20(16-24(28)34-26-23(31)11-10-19(17-30)25(26)28)33-27(32)29-22-9-5-7-18-6-3-4-8-21(18)22/h3-13,20,24,31H,2,14-17H2,1H3,(H,29,32)/t20-,24-,28-/m0/s1. The predicted octanol–water partition coefficient (Wildman–Crippen LogP) is 5.35. The van der Waals surface area contributed by atoms with Crippen molar-refractivity contribution in [2.24, 2.45) is 0 Å². The van der Waals surface area contributed by atoms with Crippen LogP contribution in [-0.2, 0) is 16.7 Å². The van der Waals surface area contributed by atoms with Gasteiger partial charge in [0.2, 0.25) is 0 Å². The van der Waals surface area contributed by atoms with E-state index in [1.54, 1.807) is 6.07 Å². The van der Waals surface area contributed by atoms with E-state index < -0.39 is 12.2 Å². The number of nitrogens with one attached hydrogen (secondary N) is 1. The maximum atomic E-state index is 12.8. The molecule has 6 heteroatoms. The number of rotatable bonds is 3. The summed E-state index contributed by atoms with van der Waals surface area (Å²) in [6.45, 7) is 4.94. The first-order valence-electron chi connectivity index (χ1n) is 12.0. The van der Waals surface area contributed by atoms with Crippen molar-refractivity contribution in [1.82, 2.24) is 4.90 Å². The van der Waals surface area contributed by atoms with Crippen LogP contribution < -0.4 is 10.1 Å². The summed E-state index contributed by atoms with van der Waals surface area (Å²) in [5.41, 5.74) is 2.72. The number of hydrogen-bond donors (Lipinski definition) is 2. The van der Waals surface area contributed by atoms with E-state index in [0.717, 1.165) is 48.1 Å². The summed E-state index contributed by atoms with van der Waals surface area (Å²) in [5.74, 6) is 0.767. The fourth-order valence-corrected chi connectivity index (χ4v) is 5.80. The van der Waals surface area contributed by atoms with Gasteiger partial charge < -0.3 is 14.6 Å². The Morgan fingerprint density at radius 3 is 2.94 bits per heavy atom. The van der Waals surface area contributed by atoms with Crippen molar-refractivity contribution < 1.29 is 19.4 Å². The highest BCUT2D eigenvalue weighted by molar-refractivity contribution is 6.00. The first-order chi connectivity index (χ1) is 16.6. The Bertz CT molecular complexity index is 1300. The lowest BCUT2D eigenvalue weighted by Crippen LogP contribution is -2.44. The van der Waals surface area contributed by atoms with Crippen LogP contribution in [0, 0.1) is 0 Å². The minimum Gasteiger partial charge on any atom is -0.504 e. The lowest BCUT2D eigenvalue weighted by atomic mass is 9.69. The van der Waals surface area contributed by atoms with E-state index in [1.165, 1.54) is 5.56 Å². The molecule has 1 amide bonds. The number of nitrogens with zero attached hydrogens (tertiary/aromatic N) is 1. The van der Waals surface area contributed by atoms with Crippen LogP contribution in [0.4, 0.5) is 10.5 Å². The third-order valence-electron chi connectivity index (χ3n) is 7.55. The van der Waals surface area contributed by atoms with Crippen LogP contribution in [-0.4, -0.2) is 41.4 Å². The smallest absolute Gasteiger partial charge is 0.412 e.